The molecule has 2 N–H and O–H groups in total. The van der Waals surface area contributed by atoms with Crippen LogP contribution in [-0.2, 0) is 11.2 Å². The first-order valence-corrected chi connectivity index (χ1v) is 8.83. The number of pyridine rings is 1. The number of anilines is 3. The number of nitrogens with zero attached hydrogens (tertiary/aromatic N) is 1. The molecule has 0 atom stereocenters. The summed E-state index contributed by atoms with van der Waals surface area (Å²) >= 11 is 1.56. The van der Waals surface area contributed by atoms with E-state index < -0.39 is 0 Å². The number of benzene rings is 1. The molecular weight excluding hydrogens is 350 g/mol. The van der Waals surface area contributed by atoms with Gasteiger partial charge in [0, 0.05) is 10.9 Å². The zero-order chi connectivity index (χ0) is 18.4. The molecule has 0 radical (unpaired) electrons. The first-order valence-electron chi connectivity index (χ1n) is 7.95. The van der Waals surface area contributed by atoms with Gasteiger partial charge in [-0.2, -0.15) is 0 Å². The summed E-state index contributed by atoms with van der Waals surface area (Å²) in [6.07, 6.45) is 1.98. The smallest absolute Gasteiger partial charge is 0.229 e. The number of ether oxygens (including phenoxy) is 2. The summed E-state index contributed by atoms with van der Waals surface area (Å²) in [6, 6.07) is 13.0. The monoisotopic (exact) mass is 369 g/mol. The van der Waals surface area contributed by atoms with Crippen LogP contribution in [0, 0.1) is 0 Å². The lowest BCUT2D eigenvalue weighted by Gasteiger charge is -2.12. The second-order valence-corrected chi connectivity index (χ2v) is 6.46. The summed E-state index contributed by atoms with van der Waals surface area (Å²) in [5.41, 5.74) is 1.43. The lowest BCUT2D eigenvalue weighted by atomic mass is 10.2. The van der Waals surface area contributed by atoms with Gasteiger partial charge < -0.3 is 20.1 Å². The van der Waals surface area contributed by atoms with Crippen molar-refractivity contribution in [3.05, 3.63) is 58.9 Å². The van der Waals surface area contributed by atoms with Crippen molar-refractivity contribution in [2.45, 2.75) is 6.42 Å². The molecule has 0 aliphatic rings. The van der Waals surface area contributed by atoms with Gasteiger partial charge in [-0.1, -0.05) is 6.07 Å². The van der Waals surface area contributed by atoms with Crippen molar-refractivity contribution in [2.75, 3.05) is 24.9 Å². The van der Waals surface area contributed by atoms with Crippen LogP contribution in [0.3, 0.4) is 0 Å². The average Bonchev–Trinajstić information content (AvgIpc) is 3.16. The van der Waals surface area contributed by atoms with Crippen LogP contribution >= 0.6 is 11.3 Å². The van der Waals surface area contributed by atoms with Crippen LogP contribution in [0.2, 0.25) is 0 Å². The summed E-state index contributed by atoms with van der Waals surface area (Å²) in [5, 5.41) is 7.99. The number of rotatable bonds is 7. The largest absolute Gasteiger partial charge is 0.497 e. The van der Waals surface area contributed by atoms with E-state index in [1.807, 2.05) is 29.6 Å². The molecule has 134 valence electrons. The van der Waals surface area contributed by atoms with E-state index in [1.165, 1.54) is 0 Å². The van der Waals surface area contributed by atoms with Gasteiger partial charge in [0.15, 0.2) is 0 Å². The van der Waals surface area contributed by atoms with Crippen molar-refractivity contribution in [3.63, 3.8) is 0 Å². The second-order valence-electron chi connectivity index (χ2n) is 5.43. The van der Waals surface area contributed by atoms with E-state index in [4.69, 9.17) is 9.47 Å². The Morgan fingerprint density at radius 2 is 2.04 bits per heavy atom. The number of methoxy groups -OCH3 is 2. The minimum atomic E-state index is -0.0632. The van der Waals surface area contributed by atoms with Gasteiger partial charge >= 0.3 is 0 Å². The van der Waals surface area contributed by atoms with Crippen LogP contribution < -0.4 is 20.1 Å². The van der Waals surface area contributed by atoms with E-state index in [9.17, 15) is 4.79 Å². The summed E-state index contributed by atoms with van der Waals surface area (Å²) in [6.45, 7) is 0. The lowest BCUT2D eigenvalue weighted by Crippen LogP contribution is -2.13. The second kappa shape index (κ2) is 8.35. The van der Waals surface area contributed by atoms with E-state index in [0.29, 0.717) is 29.4 Å². The van der Waals surface area contributed by atoms with Gasteiger partial charge in [0.1, 0.15) is 17.3 Å². The van der Waals surface area contributed by atoms with E-state index in [0.717, 1.165) is 10.6 Å². The molecule has 3 aromatic rings. The number of aromatic nitrogens is 1. The number of hydrogen-bond acceptors (Lipinski definition) is 6. The Morgan fingerprint density at radius 3 is 2.69 bits per heavy atom. The number of amides is 1. The van der Waals surface area contributed by atoms with Crippen LogP contribution in [0.4, 0.5) is 17.2 Å². The number of nitrogens with one attached hydrogen (secondary N) is 2. The highest BCUT2D eigenvalue weighted by Crippen LogP contribution is 2.31. The van der Waals surface area contributed by atoms with E-state index >= 15 is 0 Å². The SMILES string of the molecule is COc1ccc(Nc2ccc(NC(=O)Cc3cccs3)cn2)c(OC)c1. The number of carbonyl (C=O) groups is 1. The molecule has 0 saturated carbocycles. The fourth-order valence-electron chi connectivity index (χ4n) is 2.36. The molecule has 1 aromatic carbocycles. The Bertz CT molecular complexity index is 864. The molecule has 2 aromatic heterocycles. The summed E-state index contributed by atoms with van der Waals surface area (Å²) in [7, 11) is 3.20. The van der Waals surface area contributed by atoms with Crippen LogP contribution in [0.25, 0.3) is 0 Å². The Hall–Kier alpha value is -3.06. The molecule has 3 rings (SSSR count). The molecule has 26 heavy (non-hydrogen) atoms. The van der Waals surface area contributed by atoms with Crippen LogP contribution in [0.15, 0.2) is 54.0 Å². The van der Waals surface area contributed by atoms with Crippen molar-refractivity contribution >= 4 is 34.4 Å². The van der Waals surface area contributed by atoms with E-state index in [2.05, 4.69) is 15.6 Å². The van der Waals surface area contributed by atoms with Gasteiger partial charge in [0.2, 0.25) is 5.91 Å². The van der Waals surface area contributed by atoms with Crippen LogP contribution in [-0.4, -0.2) is 25.1 Å². The Kier molecular flexibility index (Phi) is 5.70. The predicted octanol–water partition coefficient (Wildman–Crippen LogP) is 4.09. The highest BCUT2D eigenvalue weighted by Gasteiger charge is 2.08. The topological polar surface area (TPSA) is 72.5 Å². The summed E-state index contributed by atoms with van der Waals surface area (Å²) < 4.78 is 10.5. The Labute approximate surface area is 155 Å². The third-order valence-corrected chi connectivity index (χ3v) is 4.51. The molecule has 7 heteroatoms. The molecule has 0 unspecified atom stereocenters. The lowest BCUT2D eigenvalue weighted by molar-refractivity contribution is -0.115. The third-order valence-electron chi connectivity index (χ3n) is 3.63. The Morgan fingerprint density at radius 1 is 1.15 bits per heavy atom. The first kappa shape index (κ1) is 17.8. The van der Waals surface area contributed by atoms with Crippen LogP contribution in [0.1, 0.15) is 4.88 Å². The number of thiophene rings is 1. The van der Waals surface area contributed by atoms with Crippen molar-refractivity contribution in [1.82, 2.24) is 4.98 Å². The summed E-state index contributed by atoms with van der Waals surface area (Å²) in [4.78, 5) is 17.4. The molecule has 0 spiro atoms. The first-order chi connectivity index (χ1) is 12.7. The maximum Gasteiger partial charge on any atom is 0.229 e. The standard InChI is InChI=1S/C19H19N3O3S/c1-24-14-6-7-16(17(10-14)25-2)22-18-8-5-13(12-20-18)21-19(23)11-15-4-3-9-26-15/h3-10,12H,11H2,1-2H3,(H,20,22)(H,21,23). The quantitative estimate of drug-likeness (QED) is 0.656. The van der Waals surface area contributed by atoms with Gasteiger partial charge in [0.05, 0.1) is 38.2 Å². The molecule has 0 bridgehead atoms. The molecule has 0 aliphatic heterocycles. The Balaban J connectivity index is 1.63. The molecule has 0 aliphatic carbocycles. The van der Waals surface area contributed by atoms with Gasteiger partial charge in [-0.05, 0) is 35.7 Å². The molecule has 6 nitrogen and oxygen atoms in total. The van der Waals surface area contributed by atoms with Gasteiger partial charge in [-0.25, -0.2) is 4.98 Å². The van der Waals surface area contributed by atoms with Gasteiger partial charge in [-0.15, -0.1) is 11.3 Å². The fraction of sp³-hybridized carbons (Fsp3) is 0.158. The van der Waals surface area contributed by atoms with Crippen molar-refractivity contribution in [2.24, 2.45) is 0 Å². The molecular formula is C19H19N3O3S. The maximum absolute atomic E-state index is 12.0. The fourth-order valence-corrected chi connectivity index (χ4v) is 3.06. The van der Waals surface area contributed by atoms with Crippen molar-refractivity contribution in [3.8, 4) is 11.5 Å². The predicted molar refractivity (Wildman–Crippen MR) is 104 cm³/mol. The zero-order valence-corrected chi connectivity index (χ0v) is 15.3. The average molecular weight is 369 g/mol. The maximum atomic E-state index is 12.0. The zero-order valence-electron chi connectivity index (χ0n) is 14.5. The summed E-state index contributed by atoms with van der Waals surface area (Å²) in [5.74, 6) is 1.94. The van der Waals surface area contributed by atoms with Gasteiger partial charge in [0.25, 0.3) is 0 Å². The normalized spacial score (nSPS) is 10.2. The van der Waals surface area contributed by atoms with Gasteiger partial charge in [-0.3, -0.25) is 4.79 Å². The number of hydrogen-bond donors (Lipinski definition) is 2. The van der Waals surface area contributed by atoms with Crippen molar-refractivity contribution < 1.29 is 14.3 Å². The molecule has 2 heterocycles. The molecule has 0 saturated heterocycles. The number of carbonyl (C=O) groups excluding carboxylic acids is 1. The highest BCUT2D eigenvalue weighted by atomic mass is 32.1. The molecule has 0 fully saturated rings. The highest BCUT2D eigenvalue weighted by molar-refractivity contribution is 7.10. The van der Waals surface area contributed by atoms with E-state index in [-0.39, 0.29) is 5.91 Å². The van der Waals surface area contributed by atoms with Crippen LogP contribution in [0.5, 0.6) is 11.5 Å². The third kappa shape index (κ3) is 4.52. The van der Waals surface area contributed by atoms with Crippen molar-refractivity contribution in [1.29, 1.82) is 0 Å². The minimum Gasteiger partial charge on any atom is -0.497 e. The minimum absolute atomic E-state index is 0.0632. The molecule has 1 amide bonds. The van der Waals surface area contributed by atoms with E-state index in [1.54, 1.807) is 50.0 Å².